The summed E-state index contributed by atoms with van der Waals surface area (Å²) in [7, 11) is 0. The van der Waals surface area contributed by atoms with Crippen LogP contribution < -0.4 is 4.90 Å². The van der Waals surface area contributed by atoms with E-state index in [4.69, 9.17) is 4.99 Å². The number of carbonyl (C=O) groups excluding carboxylic acids is 1. The summed E-state index contributed by atoms with van der Waals surface area (Å²) in [4.78, 5) is 20.3. The van der Waals surface area contributed by atoms with Gasteiger partial charge in [0.1, 0.15) is 5.71 Å². The summed E-state index contributed by atoms with van der Waals surface area (Å²) < 4.78 is 0. The van der Waals surface area contributed by atoms with Gasteiger partial charge >= 0.3 is 0 Å². The highest BCUT2D eigenvalue weighted by Gasteiger charge is 2.52. The smallest absolute Gasteiger partial charge is 0.278 e. The van der Waals surface area contributed by atoms with Crippen molar-refractivity contribution in [2.45, 2.75) is 38.1 Å². The summed E-state index contributed by atoms with van der Waals surface area (Å²) in [6.45, 7) is 6.63. The molecule has 0 radical (unpaired) electrons. The van der Waals surface area contributed by atoms with Gasteiger partial charge in [0.15, 0.2) is 0 Å². The predicted octanol–water partition coefficient (Wildman–Crippen LogP) is 5.64. The number of rotatable bonds is 2. The maximum absolute atomic E-state index is 13.5. The van der Waals surface area contributed by atoms with E-state index in [0.717, 1.165) is 23.4 Å². The minimum absolute atomic E-state index is 0.00332. The fraction of sp³-hybridized carbons (Fsp3) is 0.231. The zero-order valence-electron chi connectivity index (χ0n) is 17.0. The monoisotopic (exact) mass is 380 g/mol. The van der Waals surface area contributed by atoms with Gasteiger partial charge in [-0.25, -0.2) is 4.99 Å². The number of carbonyl (C=O) groups is 1. The minimum Gasteiger partial charge on any atom is -0.300 e. The van der Waals surface area contributed by atoms with Crippen molar-refractivity contribution < 1.29 is 4.79 Å². The van der Waals surface area contributed by atoms with E-state index in [-0.39, 0.29) is 16.9 Å². The molecule has 0 fully saturated rings. The van der Waals surface area contributed by atoms with Crippen LogP contribution in [0.15, 0.2) is 83.9 Å². The standard InChI is InChI=1S/C26H24N2O/c1-25(2)17-26(3,18-11-6-4-7-12-18)21-16-10-15-20-22(24(29)28(25)23(20)21)27-19-13-8-5-9-14-19/h4-16H,17H2,1-3H3. The maximum atomic E-state index is 13.5. The molecule has 2 aliphatic heterocycles. The molecule has 0 aromatic heterocycles. The number of hydrogen-bond donors (Lipinski definition) is 0. The molecule has 3 heteroatoms. The van der Waals surface area contributed by atoms with E-state index in [0.29, 0.717) is 5.71 Å². The molecule has 0 bridgehead atoms. The fourth-order valence-electron chi connectivity index (χ4n) is 5.16. The summed E-state index contributed by atoms with van der Waals surface area (Å²) in [5.41, 5.74) is 5.29. The Morgan fingerprint density at radius 3 is 2.17 bits per heavy atom. The van der Waals surface area contributed by atoms with Gasteiger partial charge in [-0.15, -0.1) is 0 Å². The van der Waals surface area contributed by atoms with Gasteiger partial charge < -0.3 is 4.90 Å². The number of nitrogens with zero attached hydrogens (tertiary/aromatic N) is 2. The molecule has 0 aliphatic carbocycles. The molecule has 3 aromatic rings. The average molecular weight is 380 g/mol. The number of benzene rings is 3. The normalized spacial score (nSPS) is 23.3. The summed E-state index contributed by atoms with van der Waals surface area (Å²) in [5.74, 6) is -0.00332. The third-order valence-corrected chi connectivity index (χ3v) is 6.31. The Bertz CT molecular complexity index is 1130. The summed E-state index contributed by atoms with van der Waals surface area (Å²) in [6, 6.07) is 26.6. The van der Waals surface area contributed by atoms with Crippen LogP contribution in [0.2, 0.25) is 0 Å². The second-order valence-electron chi connectivity index (χ2n) is 8.83. The van der Waals surface area contributed by atoms with Crippen LogP contribution in [0, 0.1) is 0 Å². The van der Waals surface area contributed by atoms with E-state index in [9.17, 15) is 4.79 Å². The molecule has 0 saturated carbocycles. The maximum Gasteiger partial charge on any atom is 0.278 e. The van der Waals surface area contributed by atoms with E-state index >= 15 is 0 Å². The molecule has 3 aromatic carbocycles. The first kappa shape index (κ1) is 17.9. The number of aliphatic imine (C=N–C) groups is 1. The van der Waals surface area contributed by atoms with E-state index in [1.807, 2.05) is 41.3 Å². The van der Waals surface area contributed by atoms with E-state index in [1.54, 1.807) is 0 Å². The van der Waals surface area contributed by atoms with Gasteiger partial charge in [0.25, 0.3) is 5.91 Å². The van der Waals surface area contributed by atoms with Crippen molar-refractivity contribution >= 4 is 23.0 Å². The molecule has 5 rings (SSSR count). The van der Waals surface area contributed by atoms with Crippen LogP contribution in [-0.2, 0) is 10.2 Å². The largest absolute Gasteiger partial charge is 0.300 e. The Morgan fingerprint density at radius 2 is 1.48 bits per heavy atom. The highest BCUT2D eigenvalue weighted by Crippen LogP contribution is 2.53. The number of anilines is 1. The van der Waals surface area contributed by atoms with Crippen LogP contribution in [0.5, 0.6) is 0 Å². The van der Waals surface area contributed by atoms with Gasteiger partial charge in [-0.1, -0.05) is 73.7 Å². The minimum atomic E-state index is -0.321. The van der Waals surface area contributed by atoms with E-state index in [2.05, 4.69) is 63.2 Å². The Kier molecular flexibility index (Phi) is 3.79. The molecule has 0 spiro atoms. The second-order valence-corrected chi connectivity index (χ2v) is 8.83. The van der Waals surface area contributed by atoms with Gasteiger partial charge in [-0.3, -0.25) is 4.79 Å². The lowest BCUT2D eigenvalue weighted by molar-refractivity contribution is -0.113. The molecule has 144 valence electrons. The number of hydrogen-bond acceptors (Lipinski definition) is 2. The van der Waals surface area contributed by atoms with Gasteiger partial charge in [-0.2, -0.15) is 0 Å². The fourth-order valence-corrected chi connectivity index (χ4v) is 5.16. The zero-order chi connectivity index (χ0) is 20.2. The van der Waals surface area contributed by atoms with Crippen LogP contribution in [-0.4, -0.2) is 17.2 Å². The molecule has 2 heterocycles. The van der Waals surface area contributed by atoms with Crippen molar-refractivity contribution in [3.05, 3.63) is 95.6 Å². The number of para-hydroxylation sites is 2. The average Bonchev–Trinajstić information content (AvgIpc) is 3.01. The molecule has 29 heavy (non-hydrogen) atoms. The zero-order valence-corrected chi connectivity index (χ0v) is 17.0. The Morgan fingerprint density at radius 1 is 0.828 bits per heavy atom. The summed E-state index contributed by atoms with van der Waals surface area (Å²) in [6.07, 6.45) is 0.852. The lowest BCUT2D eigenvalue weighted by Gasteiger charge is -2.49. The Hall–Kier alpha value is -3.20. The van der Waals surface area contributed by atoms with Gasteiger partial charge in [-0.05, 0) is 43.5 Å². The first-order valence-electron chi connectivity index (χ1n) is 10.1. The van der Waals surface area contributed by atoms with Crippen molar-refractivity contribution in [1.82, 2.24) is 0 Å². The van der Waals surface area contributed by atoms with Crippen LogP contribution in [0.4, 0.5) is 11.4 Å². The van der Waals surface area contributed by atoms with E-state index in [1.165, 1.54) is 11.1 Å². The highest BCUT2D eigenvalue weighted by molar-refractivity contribution is 6.55. The van der Waals surface area contributed by atoms with E-state index < -0.39 is 0 Å². The molecular weight excluding hydrogens is 356 g/mol. The van der Waals surface area contributed by atoms with Crippen LogP contribution in [0.25, 0.3) is 0 Å². The third-order valence-electron chi connectivity index (χ3n) is 6.31. The second kappa shape index (κ2) is 6.15. The first-order chi connectivity index (χ1) is 13.9. The molecule has 1 amide bonds. The van der Waals surface area contributed by atoms with Crippen molar-refractivity contribution in [2.24, 2.45) is 4.99 Å². The predicted molar refractivity (Wildman–Crippen MR) is 118 cm³/mol. The SMILES string of the molecule is CC1(c2ccccc2)CC(C)(C)N2C(=O)C(=Nc3ccccc3)c3cccc1c32. The lowest BCUT2D eigenvalue weighted by Crippen LogP contribution is -2.54. The van der Waals surface area contributed by atoms with Crippen LogP contribution >= 0.6 is 0 Å². The first-order valence-corrected chi connectivity index (χ1v) is 10.1. The van der Waals surface area contributed by atoms with Gasteiger partial charge in [0.2, 0.25) is 0 Å². The summed E-state index contributed by atoms with van der Waals surface area (Å²) in [5, 5.41) is 0. The molecular formula is C26H24N2O. The molecule has 0 saturated heterocycles. The molecule has 3 nitrogen and oxygen atoms in total. The Labute approximate surface area is 171 Å². The van der Waals surface area contributed by atoms with Crippen molar-refractivity contribution in [1.29, 1.82) is 0 Å². The number of amides is 1. The third kappa shape index (κ3) is 2.57. The topological polar surface area (TPSA) is 32.7 Å². The lowest BCUT2D eigenvalue weighted by atomic mass is 9.65. The Balaban J connectivity index is 1.77. The van der Waals surface area contributed by atoms with Crippen molar-refractivity contribution in [2.75, 3.05) is 4.90 Å². The van der Waals surface area contributed by atoms with Crippen molar-refractivity contribution in [3.8, 4) is 0 Å². The summed E-state index contributed by atoms with van der Waals surface area (Å²) >= 11 is 0. The van der Waals surface area contributed by atoms with Crippen LogP contribution in [0.3, 0.4) is 0 Å². The molecule has 0 N–H and O–H groups in total. The molecule has 1 unspecified atom stereocenters. The van der Waals surface area contributed by atoms with Gasteiger partial charge in [0, 0.05) is 16.5 Å². The molecule has 2 aliphatic rings. The molecule has 1 atom stereocenters. The van der Waals surface area contributed by atoms with Crippen molar-refractivity contribution in [3.63, 3.8) is 0 Å². The highest BCUT2D eigenvalue weighted by atomic mass is 16.2. The van der Waals surface area contributed by atoms with Gasteiger partial charge in [0.05, 0.1) is 11.4 Å². The van der Waals surface area contributed by atoms with Crippen LogP contribution in [0.1, 0.15) is 43.9 Å². The quantitative estimate of drug-likeness (QED) is 0.566.